The molecule has 1 aliphatic heterocycles. The number of hydrogen-bond donors (Lipinski definition) is 1. The van der Waals surface area contributed by atoms with Gasteiger partial charge >= 0.3 is 6.18 Å². The van der Waals surface area contributed by atoms with Crippen LogP contribution in [0, 0.1) is 12.3 Å². The normalized spacial score (nSPS) is 23.1. The van der Waals surface area contributed by atoms with Gasteiger partial charge < -0.3 is 10.6 Å². The summed E-state index contributed by atoms with van der Waals surface area (Å²) in [4.78, 5) is 17.2. The number of primary amides is 1. The number of amides is 1. The van der Waals surface area contributed by atoms with Gasteiger partial charge in [-0.3, -0.25) is 4.79 Å². The zero-order chi connectivity index (χ0) is 15.1. The summed E-state index contributed by atoms with van der Waals surface area (Å²) < 4.78 is 38.4. The van der Waals surface area contributed by atoms with Gasteiger partial charge in [0.1, 0.15) is 5.82 Å². The molecular weight excluding hydrogens is 271 g/mol. The summed E-state index contributed by atoms with van der Waals surface area (Å²) in [5, 5.41) is 0. The molecule has 1 unspecified atom stereocenters. The number of nitrogens with zero attached hydrogens (tertiary/aromatic N) is 2. The van der Waals surface area contributed by atoms with Crippen molar-refractivity contribution in [2.45, 2.75) is 26.4 Å². The van der Waals surface area contributed by atoms with Crippen molar-refractivity contribution in [3.8, 4) is 0 Å². The second-order valence-electron chi connectivity index (χ2n) is 5.45. The van der Waals surface area contributed by atoms with Crippen LogP contribution in [0.25, 0.3) is 0 Å². The number of hydrogen-bond acceptors (Lipinski definition) is 3. The molecule has 0 saturated carbocycles. The molecule has 2 rings (SSSR count). The van der Waals surface area contributed by atoms with Crippen LogP contribution >= 0.6 is 0 Å². The van der Waals surface area contributed by atoms with Crippen molar-refractivity contribution in [2.24, 2.45) is 11.1 Å². The first kappa shape index (κ1) is 14.6. The van der Waals surface area contributed by atoms with Crippen LogP contribution in [0.15, 0.2) is 12.1 Å². The molecule has 1 aromatic rings. The van der Waals surface area contributed by atoms with Gasteiger partial charge in [0.25, 0.3) is 0 Å². The molecule has 20 heavy (non-hydrogen) atoms. The number of carbonyl (C=O) groups excluding carboxylic acids is 1. The largest absolute Gasteiger partial charge is 0.416 e. The average Bonchev–Trinajstić information content (AvgIpc) is 2.71. The highest BCUT2D eigenvalue weighted by Gasteiger charge is 2.40. The van der Waals surface area contributed by atoms with Gasteiger partial charge in [-0.15, -0.1) is 0 Å². The molecule has 0 radical (unpaired) electrons. The van der Waals surface area contributed by atoms with Gasteiger partial charge in [0, 0.05) is 18.8 Å². The molecule has 1 aliphatic rings. The third-order valence-electron chi connectivity index (χ3n) is 3.66. The Bertz CT molecular complexity index is 544. The minimum atomic E-state index is -4.41. The van der Waals surface area contributed by atoms with Gasteiger partial charge in [0.15, 0.2) is 0 Å². The molecular formula is C13H16F3N3O. The Hall–Kier alpha value is -1.79. The lowest BCUT2D eigenvalue weighted by molar-refractivity contribution is -0.137. The summed E-state index contributed by atoms with van der Waals surface area (Å²) in [6, 6.07) is 2.02. The van der Waals surface area contributed by atoms with Crippen LogP contribution in [0.3, 0.4) is 0 Å². The quantitative estimate of drug-likeness (QED) is 0.906. The van der Waals surface area contributed by atoms with Crippen LogP contribution in [0.5, 0.6) is 0 Å². The van der Waals surface area contributed by atoms with Gasteiger partial charge in [-0.2, -0.15) is 13.2 Å². The zero-order valence-corrected chi connectivity index (χ0v) is 11.3. The van der Waals surface area contributed by atoms with Crippen LogP contribution in [0.2, 0.25) is 0 Å². The fraction of sp³-hybridized carbons (Fsp3) is 0.538. The first-order chi connectivity index (χ1) is 9.12. The molecule has 4 nitrogen and oxygen atoms in total. The maximum atomic E-state index is 12.8. The molecule has 2 N–H and O–H groups in total. The van der Waals surface area contributed by atoms with Gasteiger partial charge in [0.05, 0.1) is 11.0 Å². The second kappa shape index (κ2) is 4.64. The van der Waals surface area contributed by atoms with E-state index in [1.54, 1.807) is 11.8 Å². The maximum absolute atomic E-state index is 12.8. The second-order valence-corrected chi connectivity index (χ2v) is 5.45. The maximum Gasteiger partial charge on any atom is 0.416 e. The van der Waals surface area contributed by atoms with E-state index in [-0.39, 0.29) is 12.4 Å². The van der Waals surface area contributed by atoms with Crippen molar-refractivity contribution >= 4 is 11.7 Å². The van der Waals surface area contributed by atoms with E-state index in [9.17, 15) is 18.0 Å². The number of alkyl halides is 3. The van der Waals surface area contributed by atoms with Crippen molar-refractivity contribution in [1.82, 2.24) is 4.98 Å². The Balaban J connectivity index is 2.31. The van der Waals surface area contributed by atoms with E-state index < -0.39 is 23.1 Å². The lowest BCUT2D eigenvalue weighted by Crippen LogP contribution is -2.37. The Morgan fingerprint density at radius 2 is 2.10 bits per heavy atom. The standard InChI is InChI=1S/C13H16F3N3O/c1-8-5-9(13(14,15)16)6-10(18-8)19-4-3-12(2,7-19)11(17)20/h5-6H,3-4,7H2,1-2H3,(H2,17,20). The monoisotopic (exact) mass is 287 g/mol. The summed E-state index contributed by atoms with van der Waals surface area (Å²) in [5.74, 6) is -0.203. The topological polar surface area (TPSA) is 59.2 Å². The predicted molar refractivity (Wildman–Crippen MR) is 68.1 cm³/mol. The molecule has 110 valence electrons. The molecule has 0 aromatic carbocycles. The van der Waals surface area contributed by atoms with Crippen molar-refractivity contribution in [1.29, 1.82) is 0 Å². The van der Waals surface area contributed by atoms with Gasteiger partial charge in [-0.25, -0.2) is 4.98 Å². The average molecular weight is 287 g/mol. The van der Waals surface area contributed by atoms with Crippen molar-refractivity contribution < 1.29 is 18.0 Å². The van der Waals surface area contributed by atoms with E-state index >= 15 is 0 Å². The van der Waals surface area contributed by atoms with Gasteiger partial charge in [-0.05, 0) is 32.4 Å². The number of halogens is 3. The SMILES string of the molecule is Cc1cc(C(F)(F)F)cc(N2CCC(C)(C(N)=O)C2)n1. The molecule has 1 fully saturated rings. The van der Waals surface area contributed by atoms with Crippen LogP contribution in [-0.2, 0) is 11.0 Å². The fourth-order valence-electron chi connectivity index (χ4n) is 2.33. The summed E-state index contributed by atoms with van der Waals surface area (Å²) in [5.41, 5.74) is 4.18. The molecule has 0 spiro atoms. The van der Waals surface area contributed by atoms with E-state index in [0.29, 0.717) is 18.7 Å². The molecule has 1 saturated heterocycles. The zero-order valence-electron chi connectivity index (χ0n) is 11.3. The van der Waals surface area contributed by atoms with Gasteiger partial charge in [-0.1, -0.05) is 0 Å². The number of aromatic nitrogens is 1. The summed E-state index contributed by atoms with van der Waals surface area (Å²) >= 11 is 0. The molecule has 1 atom stereocenters. The number of nitrogens with two attached hydrogens (primary N) is 1. The van der Waals surface area contributed by atoms with E-state index in [1.807, 2.05) is 0 Å². The Labute approximate surface area is 114 Å². The van der Waals surface area contributed by atoms with E-state index in [1.165, 1.54) is 6.92 Å². The smallest absolute Gasteiger partial charge is 0.369 e. The van der Waals surface area contributed by atoms with Crippen molar-refractivity contribution in [2.75, 3.05) is 18.0 Å². The Morgan fingerprint density at radius 3 is 2.60 bits per heavy atom. The lowest BCUT2D eigenvalue weighted by atomic mass is 9.89. The van der Waals surface area contributed by atoms with E-state index in [4.69, 9.17) is 5.73 Å². The van der Waals surface area contributed by atoms with Crippen LogP contribution in [0.1, 0.15) is 24.6 Å². The molecule has 7 heteroatoms. The minimum absolute atomic E-state index is 0.238. The van der Waals surface area contributed by atoms with Crippen LogP contribution in [-0.4, -0.2) is 24.0 Å². The Morgan fingerprint density at radius 1 is 1.45 bits per heavy atom. The number of aryl methyl sites for hydroxylation is 1. The van der Waals surface area contributed by atoms with Gasteiger partial charge in [0.2, 0.25) is 5.91 Å². The first-order valence-electron chi connectivity index (χ1n) is 6.22. The van der Waals surface area contributed by atoms with Crippen LogP contribution in [0.4, 0.5) is 19.0 Å². The third kappa shape index (κ3) is 2.71. The number of carbonyl (C=O) groups is 1. The molecule has 0 aliphatic carbocycles. The van der Waals surface area contributed by atoms with E-state index in [0.717, 1.165) is 12.1 Å². The Kier molecular flexibility index (Phi) is 3.39. The molecule has 2 heterocycles. The van der Waals surface area contributed by atoms with Crippen LogP contribution < -0.4 is 10.6 Å². The lowest BCUT2D eigenvalue weighted by Gasteiger charge is -2.22. The van der Waals surface area contributed by atoms with Crippen molar-refractivity contribution in [3.63, 3.8) is 0 Å². The number of anilines is 1. The van der Waals surface area contributed by atoms with E-state index in [2.05, 4.69) is 4.98 Å². The number of rotatable bonds is 2. The highest BCUT2D eigenvalue weighted by molar-refractivity contribution is 5.82. The van der Waals surface area contributed by atoms with Crippen molar-refractivity contribution in [3.05, 3.63) is 23.4 Å². The molecule has 0 bridgehead atoms. The highest BCUT2D eigenvalue weighted by Crippen LogP contribution is 2.35. The molecule has 1 amide bonds. The molecule has 1 aromatic heterocycles. The first-order valence-corrected chi connectivity index (χ1v) is 6.22. The summed E-state index contributed by atoms with van der Waals surface area (Å²) in [6.07, 6.45) is -3.89. The fourth-order valence-corrected chi connectivity index (χ4v) is 2.33. The number of pyridine rings is 1. The summed E-state index contributed by atoms with van der Waals surface area (Å²) in [6.45, 7) is 3.99. The minimum Gasteiger partial charge on any atom is -0.369 e. The third-order valence-corrected chi connectivity index (χ3v) is 3.66. The predicted octanol–water partition coefficient (Wildman–Crippen LogP) is 2.11. The summed E-state index contributed by atoms with van der Waals surface area (Å²) in [7, 11) is 0. The highest BCUT2D eigenvalue weighted by atomic mass is 19.4.